The predicted molar refractivity (Wildman–Crippen MR) is 86.7 cm³/mol. The van der Waals surface area contributed by atoms with Gasteiger partial charge in [-0.3, -0.25) is 0 Å². The molecule has 0 bridgehead atoms. The summed E-state index contributed by atoms with van der Waals surface area (Å²) in [4.78, 5) is 0. The molecule has 4 rings (SSSR count). The number of hydrogen-bond acceptors (Lipinski definition) is 2. The van der Waals surface area contributed by atoms with Crippen LogP contribution in [0.5, 0.6) is 0 Å². The Labute approximate surface area is 130 Å². The van der Waals surface area contributed by atoms with Crippen LogP contribution in [0.4, 0.5) is 5.69 Å². The van der Waals surface area contributed by atoms with Gasteiger partial charge in [0.05, 0.1) is 6.10 Å². The van der Waals surface area contributed by atoms with Crippen LogP contribution >= 0.6 is 11.6 Å². The van der Waals surface area contributed by atoms with Crippen molar-refractivity contribution >= 4 is 17.3 Å². The quantitative estimate of drug-likeness (QED) is 0.809. The Bertz CT molecular complexity index is 595. The minimum absolute atomic E-state index is 0.193. The third-order valence-corrected chi connectivity index (χ3v) is 5.18. The van der Waals surface area contributed by atoms with Crippen LogP contribution in [0.15, 0.2) is 42.5 Å². The third kappa shape index (κ3) is 2.41. The molecule has 1 aromatic rings. The zero-order chi connectivity index (χ0) is 14.2. The van der Waals surface area contributed by atoms with Crippen molar-refractivity contribution < 1.29 is 4.74 Å². The number of fused-ring (bicyclic) bond motifs is 3. The van der Waals surface area contributed by atoms with Crippen molar-refractivity contribution in [1.29, 1.82) is 0 Å². The summed E-state index contributed by atoms with van der Waals surface area (Å²) in [5, 5.41) is 4.56. The highest BCUT2D eigenvalue weighted by molar-refractivity contribution is 6.30. The molecule has 2 heterocycles. The molecule has 1 N–H and O–H groups in total. The Morgan fingerprint density at radius 3 is 3.05 bits per heavy atom. The van der Waals surface area contributed by atoms with Crippen LogP contribution in [-0.2, 0) is 4.74 Å². The minimum atomic E-state index is 0.193. The van der Waals surface area contributed by atoms with Gasteiger partial charge in [-0.15, -0.1) is 0 Å². The lowest BCUT2D eigenvalue weighted by Gasteiger charge is -2.45. The number of halogens is 1. The van der Waals surface area contributed by atoms with E-state index >= 15 is 0 Å². The summed E-state index contributed by atoms with van der Waals surface area (Å²) < 4.78 is 6.14. The van der Waals surface area contributed by atoms with Crippen molar-refractivity contribution in [2.75, 3.05) is 11.9 Å². The highest BCUT2D eigenvalue weighted by Gasteiger charge is 2.41. The average Bonchev–Trinajstić information content (AvgIpc) is 2.55. The summed E-state index contributed by atoms with van der Waals surface area (Å²) in [6, 6.07) is 6.58. The fourth-order valence-corrected chi connectivity index (χ4v) is 4.15. The number of benzene rings is 1. The van der Waals surface area contributed by atoms with Crippen molar-refractivity contribution in [3.8, 4) is 0 Å². The molecule has 1 aliphatic carbocycles. The highest BCUT2D eigenvalue weighted by atomic mass is 35.5. The van der Waals surface area contributed by atoms with Crippen molar-refractivity contribution in [2.24, 2.45) is 11.8 Å². The lowest BCUT2D eigenvalue weighted by atomic mass is 9.74. The Kier molecular flexibility index (Phi) is 3.52. The van der Waals surface area contributed by atoms with Crippen LogP contribution < -0.4 is 5.32 Å². The third-order valence-electron chi connectivity index (χ3n) is 4.95. The van der Waals surface area contributed by atoms with E-state index in [1.54, 1.807) is 0 Å². The van der Waals surface area contributed by atoms with Gasteiger partial charge < -0.3 is 10.1 Å². The fourth-order valence-electron chi connectivity index (χ4n) is 3.97. The van der Waals surface area contributed by atoms with Crippen molar-refractivity contribution in [3.05, 3.63) is 53.1 Å². The first-order valence-electron chi connectivity index (χ1n) is 7.84. The molecular weight excluding hydrogens is 282 g/mol. The van der Waals surface area contributed by atoms with Crippen LogP contribution in [0.25, 0.3) is 0 Å². The highest BCUT2D eigenvalue weighted by Crippen LogP contribution is 2.47. The molecule has 0 amide bonds. The van der Waals surface area contributed by atoms with Crippen LogP contribution in [0.3, 0.4) is 0 Å². The van der Waals surface area contributed by atoms with Gasteiger partial charge in [-0.1, -0.05) is 35.9 Å². The fraction of sp³-hybridized carbons (Fsp3) is 0.444. The Hall–Kier alpha value is -1.25. The summed E-state index contributed by atoms with van der Waals surface area (Å²) in [6.07, 6.45) is 12.6. The molecule has 21 heavy (non-hydrogen) atoms. The first-order chi connectivity index (χ1) is 10.3. The van der Waals surface area contributed by atoms with Crippen LogP contribution in [0.2, 0.25) is 5.02 Å². The second-order valence-electron chi connectivity index (χ2n) is 6.21. The molecule has 110 valence electrons. The number of anilines is 1. The zero-order valence-corrected chi connectivity index (χ0v) is 12.7. The number of hydrogen-bond donors (Lipinski definition) is 1. The maximum absolute atomic E-state index is 6.19. The maximum Gasteiger partial charge on any atom is 0.0893 e. The molecule has 4 atom stereocenters. The summed E-state index contributed by atoms with van der Waals surface area (Å²) in [5.74, 6) is 1.08. The van der Waals surface area contributed by atoms with Gasteiger partial charge in [-0.2, -0.15) is 0 Å². The SMILES string of the molecule is Clc1ccc2c(c1)[C@H]1OCCC[C@H]1[C@H](C1C=CC=CC1)N2. The van der Waals surface area contributed by atoms with Gasteiger partial charge in [0.2, 0.25) is 0 Å². The second kappa shape index (κ2) is 5.51. The molecule has 3 heteroatoms. The van der Waals surface area contributed by atoms with Gasteiger partial charge in [0.25, 0.3) is 0 Å². The predicted octanol–water partition coefficient (Wildman–Crippen LogP) is 4.73. The summed E-state index contributed by atoms with van der Waals surface area (Å²) in [5.41, 5.74) is 2.43. The monoisotopic (exact) mass is 301 g/mol. The van der Waals surface area contributed by atoms with Gasteiger partial charge in [-0.05, 0) is 37.5 Å². The normalized spacial score (nSPS) is 34.0. The van der Waals surface area contributed by atoms with E-state index in [9.17, 15) is 0 Å². The average molecular weight is 302 g/mol. The van der Waals surface area contributed by atoms with E-state index in [0.717, 1.165) is 24.5 Å². The van der Waals surface area contributed by atoms with E-state index in [4.69, 9.17) is 16.3 Å². The first kappa shape index (κ1) is 13.4. The van der Waals surface area contributed by atoms with Gasteiger partial charge in [0, 0.05) is 40.8 Å². The van der Waals surface area contributed by atoms with Crippen LogP contribution in [0.1, 0.15) is 30.9 Å². The maximum atomic E-state index is 6.19. The van der Waals surface area contributed by atoms with E-state index in [1.165, 1.54) is 17.7 Å². The molecule has 0 saturated carbocycles. The zero-order valence-electron chi connectivity index (χ0n) is 12.0. The molecule has 0 spiro atoms. The lowest BCUT2D eigenvalue weighted by Crippen LogP contribution is -2.45. The van der Waals surface area contributed by atoms with Gasteiger partial charge >= 0.3 is 0 Å². The number of allylic oxidation sites excluding steroid dienone is 3. The Balaban J connectivity index is 1.71. The molecule has 1 unspecified atom stereocenters. The van der Waals surface area contributed by atoms with Crippen molar-refractivity contribution in [2.45, 2.75) is 31.4 Å². The molecule has 2 aliphatic heterocycles. The second-order valence-corrected chi connectivity index (χ2v) is 6.65. The van der Waals surface area contributed by atoms with E-state index in [1.807, 2.05) is 6.07 Å². The Morgan fingerprint density at radius 1 is 1.24 bits per heavy atom. The number of rotatable bonds is 1. The summed E-state index contributed by atoms with van der Waals surface area (Å²) in [6.45, 7) is 0.861. The van der Waals surface area contributed by atoms with Crippen LogP contribution in [0, 0.1) is 11.8 Å². The molecule has 0 aromatic heterocycles. The van der Waals surface area contributed by atoms with Gasteiger partial charge in [-0.25, -0.2) is 0 Å². The molecule has 2 nitrogen and oxygen atoms in total. The summed E-state index contributed by atoms with van der Waals surface area (Å²) >= 11 is 6.19. The molecule has 1 fully saturated rings. The van der Waals surface area contributed by atoms with Crippen molar-refractivity contribution in [3.63, 3.8) is 0 Å². The number of nitrogens with one attached hydrogen (secondary N) is 1. The van der Waals surface area contributed by atoms with Gasteiger partial charge in [0.15, 0.2) is 0 Å². The Morgan fingerprint density at radius 2 is 2.19 bits per heavy atom. The van der Waals surface area contributed by atoms with Crippen LogP contribution in [-0.4, -0.2) is 12.6 Å². The molecular formula is C18H20ClNO. The molecule has 0 radical (unpaired) electrons. The largest absolute Gasteiger partial charge is 0.381 e. The lowest BCUT2D eigenvalue weighted by molar-refractivity contribution is -0.0417. The first-order valence-corrected chi connectivity index (χ1v) is 8.21. The number of ether oxygens (including phenoxy) is 1. The van der Waals surface area contributed by atoms with E-state index in [0.29, 0.717) is 17.9 Å². The van der Waals surface area contributed by atoms with E-state index in [2.05, 4.69) is 41.8 Å². The molecule has 1 aromatic carbocycles. The van der Waals surface area contributed by atoms with Crippen molar-refractivity contribution in [1.82, 2.24) is 0 Å². The standard InChI is InChI=1S/C18H20ClNO/c19-13-8-9-16-15(11-13)18-14(7-4-10-21-18)17(20-16)12-5-2-1-3-6-12/h1-3,5,8-9,11-12,14,17-18,20H,4,6-7,10H2/t12?,14-,17-,18-/m0/s1. The smallest absolute Gasteiger partial charge is 0.0893 e. The topological polar surface area (TPSA) is 21.3 Å². The molecule has 1 saturated heterocycles. The minimum Gasteiger partial charge on any atom is -0.381 e. The summed E-state index contributed by atoms with van der Waals surface area (Å²) in [7, 11) is 0. The van der Waals surface area contributed by atoms with E-state index in [-0.39, 0.29) is 6.10 Å². The van der Waals surface area contributed by atoms with Gasteiger partial charge in [0.1, 0.15) is 0 Å². The molecule has 3 aliphatic rings. The van der Waals surface area contributed by atoms with E-state index < -0.39 is 0 Å².